The molecule has 0 bridgehead atoms. The van der Waals surface area contributed by atoms with Crippen molar-refractivity contribution in [3.63, 3.8) is 0 Å². The van der Waals surface area contributed by atoms with Crippen LogP contribution in [0, 0.1) is 5.92 Å². The molecule has 11 nitrogen and oxygen atoms in total. The van der Waals surface area contributed by atoms with Crippen molar-refractivity contribution in [2.45, 2.75) is 51.1 Å². The van der Waals surface area contributed by atoms with E-state index in [4.69, 9.17) is 16.6 Å². The number of nitrogens with zero attached hydrogens (tertiary/aromatic N) is 5. The molecule has 2 fully saturated rings. The highest BCUT2D eigenvalue weighted by atomic mass is 16.5. The predicted octanol–water partition coefficient (Wildman–Crippen LogP) is 3.42. The summed E-state index contributed by atoms with van der Waals surface area (Å²) in [6.45, 7) is 3.42. The van der Waals surface area contributed by atoms with Gasteiger partial charge in [0.1, 0.15) is 12.1 Å². The van der Waals surface area contributed by atoms with Crippen molar-refractivity contribution in [3.05, 3.63) is 53.8 Å². The molecular weight excluding hydrogens is 484 g/mol. The molecule has 1 amide bonds. The van der Waals surface area contributed by atoms with E-state index in [1.54, 1.807) is 0 Å². The summed E-state index contributed by atoms with van der Waals surface area (Å²) in [4.78, 5) is 18.3. The fourth-order valence-electron chi connectivity index (χ4n) is 5.48. The van der Waals surface area contributed by atoms with E-state index in [0.717, 1.165) is 60.9 Å². The van der Waals surface area contributed by atoms with Crippen molar-refractivity contribution in [1.82, 2.24) is 14.8 Å². The smallest absolute Gasteiger partial charge is 0.250 e. The number of aromatic nitrogens is 2. The monoisotopic (exact) mass is 520 g/mol. The molecule has 1 aromatic carbocycles. The highest BCUT2D eigenvalue weighted by molar-refractivity contribution is 6.02. The second-order valence-electron chi connectivity index (χ2n) is 10.2. The fraction of sp³-hybridized carbons (Fsp3) is 0.444. The SMILES string of the molecule is CCC1c2c(cnn2C2CCN(O)CC2)-c2cccc(NC(=C/C(N)=NC(=O)C3CC3)/C(N)=C\O)c2N1C. The number of rotatable bonds is 7. The second kappa shape index (κ2) is 10.5. The number of amides is 1. The van der Waals surface area contributed by atoms with Gasteiger partial charge < -0.3 is 32.0 Å². The zero-order valence-corrected chi connectivity index (χ0v) is 21.8. The first kappa shape index (κ1) is 25.8. The third kappa shape index (κ3) is 4.86. The summed E-state index contributed by atoms with van der Waals surface area (Å²) < 4.78 is 2.15. The van der Waals surface area contributed by atoms with E-state index in [-0.39, 0.29) is 35.4 Å². The van der Waals surface area contributed by atoms with Crippen LogP contribution in [-0.2, 0) is 4.79 Å². The van der Waals surface area contributed by atoms with Crippen LogP contribution in [0.1, 0.15) is 56.8 Å². The molecule has 1 saturated heterocycles. The van der Waals surface area contributed by atoms with Crippen LogP contribution in [0.25, 0.3) is 11.1 Å². The lowest BCUT2D eigenvalue weighted by Crippen LogP contribution is -2.35. The molecule has 1 aliphatic carbocycles. The Kier molecular flexibility index (Phi) is 7.13. The molecule has 5 rings (SSSR count). The Hall–Kier alpha value is -3.83. The van der Waals surface area contributed by atoms with Gasteiger partial charge in [-0.15, -0.1) is 0 Å². The Morgan fingerprint density at radius 2 is 1.95 bits per heavy atom. The minimum Gasteiger partial charge on any atom is -0.513 e. The van der Waals surface area contributed by atoms with Crippen LogP contribution in [-0.4, -0.2) is 57.0 Å². The van der Waals surface area contributed by atoms with Crippen LogP contribution in [0.3, 0.4) is 0 Å². The topological polar surface area (TPSA) is 158 Å². The van der Waals surface area contributed by atoms with E-state index in [2.05, 4.69) is 39.9 Å². The molecule has 2 aliphatic heterocycles. The molecule has 0 spiro atoms. The van der Waals surface area contributed by atoms with Gasteiger partial charge >= 0.3 is 0 Å². The van der Waals surface area contributed by atoms with Gasteiger partial charge in [-0.2, -0.15) is 15.2 Å². The van der Waals surface area contributed by atoms with Gasteiger partial charge in [-0.3, -0.25) is 9.48 Å². The van der Waals surface area contributed by atoms with Crippen LogP contribution in [0.2, 0.25) is 0 Å². The number of hydrogen-bond acceptors (Lipinski definition) is 8. The van der Waals surface area contributed by atoms with Crippen molar-refractivity contribution >= 4 is 23.1 Å². The molecule has 11 heteroatoms. The van der Waals surface area contributed by atoms with Crippen LogP contribution in [0.5, 0.6) is 0 Å². The van der Waals surface area contributed by atoms with E-state index in [1.165, 1.54) is 16.8 Å². The number of aliphatic hydroxyl groups excluding tert-OH is 1. The number of hydroxylamine groups is 2. The molecule has 2 aromatic rings. The first-order valence-electron chi connectivity index (χ1n) is 13.2. The summed E-state index contributed by atoms with van der Waals surface area (Å²) in [5, 5.41) is 29.0. The number of amidine groups is 1. The highest BCUT2D eigenvalue weighted by Gasteiger charge is 2.35. The largest absolute Gasteiger partial charge is 0.513 e. The maximum atomic E-state index is 12.1. The van der Waals surface area contributed by atoms with Crippen molar-refractivity contribution < 1.29 is 15.1 Å². The molecule has 202 valence electrons. The number of aliphatic imine (C=N–C) groups is 1. The lowest BCUT2D eigenvalue weighted by Gasteiger charge is -2.39. The van der Waals surface area contributed by atoms with Crippen molar-refractivity contribution in [2.75, 3.05) is 30.4 Å². The maximum absolute atomic E-state index is 12.1. The molecule has 1 aromatic heterocycles. The average Bonchev–Trinajstić information content (AvgIpc) is 3.68. The quantitative estimate of drug-likeness (QED) is 0.160. The normalized spacial score (nSPS) is 21.3. The number of aliphatic hydroxyl groups is 1. The van der Waals surface area contributed by atoms with Crippen LogP contribution in [0.15, 0.2) is 53.1 Å². The number of para-hydroxylation sites is 1. The third-order valence-corrected chi connectivity index (χ3v) is 7.65. The van der Waals surface area contributed by atoms with Gasteiger partial charge in [0.25, 0.3) is 5.91 Å². The van der Waals surface area contributed by atoms with Crippen LogP contribution < -0.4 is 21.7 Å². The summed E-state index contributed by atoms with van der Waals surface area (Å²) in [7, 11) is 2.06. The van der Waals surface area contributed by atoms with E-state index in [9.17, 15) is 15.1 Å². The van der Waals surface area contributed by atoms with Gasteiger partial charge in [-0.1, -0.05) is 19.1 Å². The summed E-state index contributed by atoms with van der Waals surface area (Å²) in [6.07, 6.45) is 8.42. The number of carbonyl (C=O) groups is 1. The van der Waals surface area contributed by atoms with Crippen molar-refractivity contribution in [1.29, 1.82) is 0 Å². The number of hydrogen-bond donors (Lipinski definition) is 5. The molecule has 38 heavy (non-hydrogen) atoms. The Labute approximate surface area is 222 Å². The van der Waals surface area contributed by atoms with Gasteiger partial charge in [0.15, 0.2) is 0 Å². The summed E-state index contributed by atoms with van der Waals surface area (Å²) in [6, 6.07) is 6.28. The number of fused-ring (bicyclic) bond motifs is 3. The second-order valence-corrected chi connectivity index (χ2v) is 10.2. The zero-order chi connectivity index (χ0) is 27.0. The number of piperidine rings is 1. The van der Waals surface area contributed by atoms with Gasteiger partial charge in [-0.25, -0.2) is 0 Å². The molecule has 1 unspecified atom stereocenters. The molecule has 0 radical (unpaired) electrons. The van der Waals surface area contributed by atoms with Gasteiger partial charge in [0, 0.05) is 43.3 Å². The molecule has 3 heterocycles. The molecule has 3 aliphatic rings. The third-order valence-electron chi connectivity index (χ3n) is 7.65. The minimum absolute atomic E-state index is 0.0243. The first-order chi connectivity index (χ1) is 18.3. The molecular formula is C27H36N8O3. The lowest BCUT2D eigenvalue weighted by molar-refractivity contribution is -0.118. The highest BCUT2D eigenvalue weighted by Crippen LogP contribution is 2.49. The molecule has 1 saturated carbocycles. The van der Waals surface area contributed by atoms with Gasteiger partial charge in [0.05, 0.1) is 46.7 Å². The van der Waals surface area contributed by atoms with E-state index in [1.807, 2.05) is 18.3 Å². The number of carbonyl (C=O) groups excluding carboxylic acids is 1. The Morgan fingerprint density at radius 3 is 2.61 bits per heavy atom. The van der Waals surface area contributed by atoms with Crippen LogP contribution in [0.4, 0.5) is 11.4 Å². The van der Waals surface area contributed by atoms with Crippen molar-refractivity contribution in [2.24, 2.45) is 22.4 Å². The number of nitrogens with two attached hydrogens (primary N) is 2. The van der Waals surface area contributed by atoms with E-state index >= 15 is 0 Å². The minimum atomic E-state index is -0.235. The Morgan fingerprint density at radius 1 is 1.21 bits per heavy atom. The number of anilines is 2. The summed E-state index contributed by atoms with van der Waals surface area (Å²) in [5.41, 5.74) is 17.6. The predicted molar refractivity (Wildman–Crippen MR) is 147 cm³/mol. The Balaban J connectivity index is 1.53. The standard InChI is InChI=1S/C27H36N8O3/c1-3-23-26-19(14-30-35(26)17-9-11-34(38)12-10-17)18-5-4-6-21(25(18)33(23)2)31-22(20(28)15-36)13-24(29)32-27(37)16-7-8-16/h4-6,13-17,23,31,36,38H,3,7-12,28H2,1-2H3,(H2,29,32,37)/b20-15+,22-13+. The van der Waals surface area contributed by atoms with E-state index < -0.39 is 0 Å². The first-order valence-corrected chi connectivity index (χ1v) is 13.2. The van der Waals surface area contributed by atoms with Crippen LogP contribution >= 0.6 is 0 Å². The Bertz CT molecular complexity index is 1300. The number of nitrogens with one attached hydrogen (secondary N) is 1. The zero-order valence-electron chi connectivity index (χ0n) is 21.8. The molecule has 7 N–H and O–H groups in total. The van der Waals surface area contributed by atoms with Crippen molar-refractivity contribution in [3.8, 4) is 11.1 Å². The maximum Gasteiger partial charge on any atom is 0.250 e. The average molecular weight is 521 g/mol. The summed E-state index contributed by atoms with van der Waals surface area (Å²) in [5.74, 6) is -0.256. The molecule has 1 atom stereocenters. The van der Waals surface area contributed by atoms with E-state index in [0.29, 0.717) is 18.8 Å². The lowest BCUT2D eigenvalue weighted by atomic mass is 9.91. The summed E-state index contributed by atoms with van der Waals surface area (Å²) >= 11 is 0. The van der Waals surface area contributed by atoms with Gasteiger partial charge in [0.2, 0.25) is 0 Å². The van der Waals surface area contributed by atoms with Gasteiger partial charge in [-0.05, 0) is 38.2 Å². The number of benzene rings is 1. The fourth-order valence-corrected chi connectivity index (χ4v) is 5.48.